The van der Waals surface area contributed by atoms with E-state index in [4.69, 9.17) is 9.47 Å². The topological polar surface area (TPSA) is 102 Å². The van der Waals surface area contributed by atoms with Crippen LogP contribution in [0.4, 0.5) is 4.39 Å². The van der Waals surface area contributed by atoms with Gasteiger partial charge in [-0.05, 0) is 13.0 Å². The van der Waals surface area contributed by atoms with Crippen molar-refractivity contribution in [2.24, 2.45) is 0 Å². The smallest absolute Gasteiger partial charge is 0.255 e. The van der Waals surface area contributed by atoms with Crippen molar-refractivity contribution >= 4 is 17.1 Å². The molecule has 3 aromatic rings. The van der Waals surface area contributed by atoms with Crippen molar-refractivity contribution in [3.05, 3.63) is 41.6 Å². The van der Waals surface area contributed by atoms with E-state index >= 15 is 0 Å². The summed E-state index contributed by atoms with van der Waals surface area (Å²) in [5.41, 5.74) is 1.69. The minimum absolute atomic E-state index is 0.181. The lowest BCUT2D eigenvalue weighted by atomic mass is 10.1. The van der Waals surface area contributed by atoms with Gasteiger partial charge in [-0.15, -0.1) is 0 Å². The van der Waals surface area contributed by atoms with Crippen molar-refractivity contribution in [3.63, 3.8) is 0 Å². The number of hydrogen-bond donors (Lipinski definition) is 2. The van der Waals surface area contributed by atoms with Gasteiger partial charge in [-0.3, -0.25) is 4.79 Å². The minimum Gasteiger partial charge on any atom is -0.475 e. The lowest BCUT2D eigenvalue weighted by Gasteiger charge is -2.17. The molecule has 0 aliphatic carbocycles. The number of nitrogens with one attached hydrogen (secondary N) is 2. The predicted molar refractivity (Wildman–Crippen MR) is 85.0 cm³/mol. The van der Waals surface area contributed by atoms with Gasteiger partial charge in [0.25, 0.3) is 5.91 Å². The average molecular weight is 343 g/mol. The Morgan fingerprint density at radius 3 is 3.08 bits per heavy atom. The fourth-order valence-corrected chi connectivity index (χ4v) is 2.61. The van der Waals surface area contributed by atoms with Gasteiger partial charge >= 0.3 is 0 Å². The van der Waals surface area contributed by atoms with E-state index in [1.807, 2.05) is 0 Å². The molecule has 3 aromatic heterocycles. The molecule has 0 radical (unpaired) electrons. The lowest BCUT2D eigenvalue weighted by Crippen LogP contribution is -2.28. The highest BCUT2D eigenvalue weighted by Gasteiger charge is 2.20. The molecular weight excluding hydrogens is 329 g/mol. The van der Waals surface area contributed by atoms with E-state index in [1.54, 1.807) is 13.1 Å². The number of hydrogen-bond acceptors (Lipinski definition) is 6. The van der Waals surface area contributed by atoms with Crippen molar-refractivity contribution < 1.29 is 18.7 Å². The number of nitrogens with zero attached hydrogens (tertiary/aromatic N) is 3. The molecule has 25 heavy (non-hydrogen) atoms. The van der Waals surface area contributed by atoms with E-state index in [0.717, 1.165) is 6.20 Å². The Morgan fingerprint density at radius 2 is 2.20 bits per heavy atom. The maximum Gasteiger partial charge on any atom is 0.255 e. The highest BCUT2D eigenvalue weighted by Crippen LogP contribution is 2.28. The van der Waals surface area contributed by atoms with E-state index in [-0.39, 0.29) is 30.8 Å². The molecule has 0 fully saturated rings. The predicted octanol–water partition coefficient (Wildman–Crippen LogP) is 1.75. The summed E-state index contributed by atoms with van der Waals surface area (Å²) in [5, 5.41) is 2.74. The van der Waals surface area contributed by atoms with Gasteiger partial charge in [-0.2, -0.15) is 0 Å². The number of fused-ring (bicyclic) bond motifs is 2. The third-order valence-electron chi connectivity index (χ3n) is 3.81. The summed E-state index contributed by atoms with van der Waals surface area (Å²) in [7, 11) is 0. The number of ether oxygens (including phenoxy) is 2. The fraction of sp³-hybridized carbons (Fsp3) is 0.250. The van der Waals surface area contributed by atoms with Crippen molar-refractivity contribution in [1.29, 1.82) is 0 Å². The van der Waals surface area contributed by atoms with Crippen molar-refractivity contribution in [3.8, 4) is 11.8 Å². The monoisotopic (exact) mass is 343 g/mol. The Kier molecular flexibility index (Phi) is 3.68. The molecule has 0 aromatic carbocycles. The molecule has 0 spiro atoms. The molecule has 0 saturated heterocycles. The standard InChI is InChI=1S/C16H14FN5O3/c1-8-10-4-9(17)5-21-16(10)24-3-2-18-15(23)11-6-19-14-13(11)22-12(25-8)7-20-14/h4-8H,2-3H2,1H3,(H,18,23)(H,19,20). The van der Waals surface area contributed by atoms with Crippen molar-refractivity contribution in [2.45, 2.75) is 13.0 Å². The highest BCUT2D eigenvalue weighted by atomic mass is 19.1. The summed E-state index contributed by atoms with van der Waals surface area (Å²) in [6, 6.07) is 1.30. The second kappa shape index (κ2) is 6.00. The molecule has 9 heteroatoms. The molecule has 2 bridgehead atoms. The summed E-state index contributed by atoms with van der Waals surface area (Å²) < 4.78 is 24.9. The van der Waals surface area contributed by atoms with Crippen LogP contribution in [0.15, 0.2) is 24.7 Å². The van der Waals surface area contributed by atoms with Crippen LogP contribution in [0.1, 0.15) is 28.9 Å². The maximum absolute atomic E-state index is 13.6. The normalized spacial score (nSPS) is 17.5. The van der Waals surface area contributed by atoms with Crippen LogP contribution in [0.2, 0.25) is 0 Å². The van der Waals surface area contributed by atoms with E-state index in [9.17, 15) is 9.18 Å². The van der Waals surface area contributed by atoms with E-state index in [1.165, 1.54) is 12.3 Å². The van der Waals surface area contributed by atoms with Crippen LogP contribution >= 0.6 is 0 Å². The molecule has 0 saturated carbocycles. The van der Waals surface area contributed by atoms with Gasteiger partial charge in [-0.1, -0.05) is 0 Å². The average Bonchev–Trinajstić information content (AvgIpc) is 3.02. The van der Waals surface area contributed by atoms with Gasteiger partial charge in [0, 0.05) is 6.20 Å². The van der Waals surface area contributed by atoms with Gasteiger partial charge in [0.2, 0.25) is 11.8 Å². The van der Waals surface area contributed by atoms with Crippen LogP contribution < -0.4 is 14.8 Å². The van der Waals surface area contributed by atoms with E-state index < -0.39 is 11.9 Å². The highest BCUT2D eigenvalue weighted by molar-refractivity contribution is 6.04. The number of carbonyl (C=O) groups is 1. The van der Waals surface area contributed by atoms with E-state index in [2.05, 4.69) is 25.3 Å². The zero-order valence-corrected chi connectivity index (χ0v) is 13.2. The first-order chi connectivity index (χ1) is 12.1. The lowest BCUT2D eigenvalue weighted by molar-refractivity contribution is 0.0948. The van der Waals surface area contributed by atoms with Crippen molar-refractivity contribution in [2.75, 3.05) is 13.2 Å². The third kappa shape index (κ3) is 2.84. The second-order valence-electron chi connectivity index (χ2n) is 5.52. The zero-order valence-electron chi connectivity index (χ0n) is 13.2. The van der Waals surface area contributed by atoms with Gasteiger partial charge in [0.15, 0.2) is 5.65 Å². The fourth-order valence-electron chi connectivity index (χ4n) is 2.61. The number of amides is 1. The van der Waals surface area contributed by atoms with Crippen LogP contribution in [0.3, 0.4) is 0 Å². The third-order valence-corrected chi connectivity index (χ3v) is 3.81. The van der Waals surface area contributed by atoms with Crippen LogP contribution in [0.5, 0.6) is 11.8 Å². The summed E-state index contributed by atoms with van der Waals surface area (Å²) in [6.07, 6.45) is 3.47. The summed E-state index contributed by atoms with van der Waals surface area (Å²) in [5.74, 6) is -0.342. The number of aromatic nitrogens is 4. The Labute approximate surface area is 141 Å². The number of pyridine rings is 1. The molecule has 1 amide bonds. The number of carbonyl (C=O) groups excluding carboxylic acids is 1. The molecule has 4 heterocycles. The largest absolute Gasteiger partial charge is 0.475 e. The zero-order chi connectivity index (χ0) is 17.4. The minimum atomic E-state index is -0.572. The molecule has 1 unspecified atom stereocenters. The Balaban J connectivity index is 1.80. The summed E-state index contributed by atoms with van der Waals surface area (Å²) >= 11 is 0. The molecule has 8 nitrogen and oxygen atoms in total. The van der Waals surface area contributed by atoms with Gasteiger partial charge in [0.05, 0.1) is 30.1 Å². The Hall–Kier alpha value is -3.23. The van der Waals surface area contributed by atoms with Gasteiger partial charge < -0.3 is 19.8 Å². The van der Waals surface area contributed by atoms with Crippen LogP contribution in [-0.4, -0.2) is 39.0 Å². The van der Waals surface area contributed by atoms with Crippen LogP contribution in [0, 0.1) is 5.82 Å². The maximum atomic E-state index is 13.6. The van der Waals surface area contributed by atoms with Crippen LogP contribution in [-0.2, 0) is 0 Å². The quantitative estimate of drug-likeness (QED) is 0.645. The molecule has 1 atom stereocenters. The second-order valence-corrected chi connectivity index (χ2v) is 5.52. The summed E-state index contributed by atoms with van der Waals surface area (Å²) in [6.45, 7) is 2.17. The first-order valence-corrected chi connectivity index (χ1v) is 7.69. The molecule has 4 rings (SSSR count). The van der Waals surface area contributed by atoms with Gasteiger partial charge in [0.1, 0.15) is 24.0 Å². The first-order valence-electron chi connectivity index (χ1n) is 7.69. The first kappa shape index (κ1) is 15.3. The SMILES string of the molecule is CC1Oc2cnc3[nH]cc(c3n2)C(=O)NCCOc2ncc(F)cc21. The number of halogens is 1. The molecule has 2 N–H and O–H groups in total. The van der Waals surface area contributed by atoms with Crippen LogP contribution in [0.25, 0.3) is 11.2 Å². The summed E-state index contributed by atoms with van der Waals surface area (Å²) in [4.78, 5) is 27.7. The molecular formula is C16H14FN5O3. The Bertz CT molecular complexity index is 958. The number of aromatic amines is 1. The number of H-pyrrole nitrogens is 1. The Morgan fingerprint density at radius 1 is 1.32 bits per heavy atom. The number of rotatable bonds is 0. The van der Waals surface area contributed by atoms with E-state index in [0.29, 0.717) is 22.3 Å². The molecule has 1 aliphatic heterocycles. The molecule has 1 aliphatic rings. The van der Waals surface area contributed by atoms with Gasteiger partial charge in [-0.25, -0.2) is 19.3 Å². The van der Waals surface area contributed by atoms with Crippen molar-refractivity contribution in [1.82, 2.24) is 25.3 Å². The molecule has 128 valence electrons.